The number of carbonyl (C=O) groups is 1. The van der Waals surface area contributed by atoms with Crippen molar-refractivity contribution >= 4 is 11.9 Å². The van der Waals surface area contributed by atoms with Gasteiger partial charge in [0.2, 0.25) is 5.95 Å². The third kappa shape index (κ3) is 5.18. The highest BCUT2D eigenvalue weighted by atomic mass is 16.2. The second-order valence-electron chi connectivity index (χ2n) is 7.16. The smallest absolute Gasteiger partial charge is 0.272 e. The summed E-state index contributed by atoms with van der Waals surface area (Å²) in [6.45, 7) is 4.70. The summed E-state index contributed by atoms with van der Waals surface area (Å²) in [7, 11) is 0. The molecule has 6 heteroatoms. The van der Waals surface area contributed by atoms with Gasteiger partial charge in [0.15, 0.2) is 0 Å². The Hall–Kier alpha value is -3.25. The summed E-state index contributed by atoms with van der Waals surface area (Å²) in [6, 6.07) is 22.2. The predicted octanol–water partition coefficient (Wildman–Crippen LogP) is 3.05. The number of rotatable bonds is 6. The highest BCUT2D eigenvalue weighted by molar-refractivity contribution is 5.92. The molecule has 1 aliphatic rings. The lowest BCUT2D eigenvalue weighted by Gasteiger charge is -2.34. The lowest BCUT2D eigenvalue weighted by atomic mass is 10.2. The Morgan fingerprint density at radius 3 is 2.21 bits per heavy atom. The number of nitrogens with zero attached hydrogens (tertiary/aromatic N) is 4. The zero-order valence-electron chi connectivity index (χ0n) is 16.4. The summed E-state index contributed by atoms with van der Waals surface area (Å²) in [5, 5.41) is 3.19. The van der Waals surface area contributed by atoms with Gasteiger partial charge in [-0.2, -0.15) is 0 Å². The van der Waals surface area contributed by atoms with Gasteiger partial charge in [-0.3, -0.25) is 9.69 Å². The topological polar surface area (TPSA) is 61.4 Å². The normalized spacial score (nSPS) is 14.6. The number of hydrogen-bond donors (Lipinski definition) is 1. The van der Waals surface area contributed by atoms with Crippen molar-refractivity contribution in [3.8, 4) is 0 Å². The van der Waals surface area contributed by atoms with Crippen LogP contribution in [0.25, 0.3) is 0 Å². The molecule has 148 valence electrons. The molecule has 0 saturated carbocycles. The molecular weight excluding hydrogens is 362 g/mol. The van der Waals surface area contributed by atoms with E-state index in [0.717, 1.165) is 25.2 Å². The maximum atomic E-state index is 12.9. The monoisotopic (exact) mass is 387 g/mol. The highest BCUT2D eigenvalue weighted by Gasteiger charge is 2.23. The number of aromatic nitrogens is 2. The summed E-state index contributed by atoms with van der Waals surface area (Å²) < 4.78 is 0. The minimum absolute atomic E-state index is 0.0328. The van der Waals surface area contributed by atoms with Crippen molar-refractivity contribution in [1.82, 2.24) is 19.8 Å². The van der Waals surface area contributed by atoms with Crippen molar-refractivity contribution < 1.29 is 4.79 Å². The third-order valence-electron chi connectivity index (χ3n) is 5.08. The van der Waals surface area contributed by atoms with Crippen LogP contribution < -0.4 is 5.32 Å². The molecule has 2 aromatic carbocycles. The number of benzene rings is 2. The molecule has 0 atom stereocenters. The summed E-state index contributed by atoms with van der Waals surface area (Å²) >= 11 is 0. The fourth-order valence-electron chi connectivity index (χ4n) is 3.45. The zero-order valence-corrected chi connectivity index (χ0v) is 16.4. The van der Waals surface area contributed by atoms with Gasteiger partial charge < -0.3 is 10.2 Å². The van der Waals surface area contributed by atoms with Crippen LogP contribution in [0.1, 0.15) is 21.6 Å². The second kappa shape index (κ2) is 9.30. The fourth-order valence-corrected chi connectivity index (χ4v) is 3.45. The first-order valence-corrected chi connectivity index (χ1v) is 9.94. The van der Waals surface area contributed by atoms with Crippen LogP contribution in [0.4, 0.5) is 5.95 Å². The van der Waals surface area contributed by atoms with Crippen molar-refractivity contribution in [3.63, 3.8) is 0 Å². The van der Waals surface area contributed by atoms with E-state index in [2.05, 4.69) is 44.5 Å². The molecule has 2 heterocycles. The standard InChI is InChI=1S/C23H25N5O/c29-22(28-15-13-27(14-16-28)18-20-9-5-2-6-10-20)21-11-12-24-23(26-21)25-17-19-7-3-1-4-8-19/h1-12H,13-18H2,(H,24,25,26). The quantitative estimate of drug-likeness (QED) is 0.704. The van der Waals surface area contributed by atoms with Gasteiger partial charge in [0, 0.05) is 45.5 Å². The molecule has 1 aliphatic heterocycles. The molecule has 1 amide bonds. The summed E-state index contributed by atoms with van der Waals surface area (Å²) in [5.74, 6) is 0.442. The van der Waals surface area contributed by atoms with Crippen molar-refractivity contribution in [2.75, 3.05) is 31.5 Å². The first-order valence-electron chi connectivity index (χ1n) is 9.94. The summed E-state index contributed by atoms with van der Waals surface area (Å²) in [5.41, 5.74) is 2.88. The average Bonchev–Trinajstić information content (AvgIpc) is 2.79. The minimum atomic E-state index is -0.0328. The van der Waals surface area contributed by atoms with E-state index in [1.807, 2.05) is 41.3 Å². The van der Waals surface area contributed by atoms with E-state index < -0.39 is 0 Å². The molecule has 0 unspecified atom stereocenters. The first kappa shape index (κ1) is 19.1. The Labute approximate surface area is 171 Å². The molecule has 1 fully saturated rings. The van der Waals surface area contributed by atoms with Gasteiger partial charge in [-0.25, -0.2) is 9.97 Å². The molecule has 0 aliphatic carbocycles. The summed E-state index contributed by atoms with van der Waals surface area (Å²) in [6.07, 6.45) is 1.64. The van der Waals surface area contributed by atoms with Gasteiger partial charge in [-0.1, -0.05) is 60.7 Å². The Morgan fingerprint density at radius 2 is 1.52 bits per heavy atom. The molecular formula is C23H25N5O. The van der Waals surface area contributed by atoms with Crippen LogP contribution in [-0.4, -0.2) is 51.9 Å². The first-order chi connectivity index (χ1) is 14.3. The van der Waals surface area contributed by atoms with Crippen molar-refractivity contribution in [2.24, 2.45) is 0 Å². The van der Waals surface area contributed by atoms with Crippen LogP contribution >= 0.6 is 0 Å². The van der Waals surface area contributed by atoms with Gasteiger partial charge in [0.25, 0.3) is 5.91 Å². The van der Waals surface area contributed by atoms with Crippen LogP contribution in [0.15, 0.2) is 72.9 Å². The lowest BCUT2D eigenvalue weighted by molar-refractivity contribution is 0.0622. The van der Waals surface area contributed by atoms with Crippen LogP contribution in [0.2, 0.25) is 0 Å². The molecule has 3 aromatic rings. The van der Waals surface area contributed by atoms with Crippen molar-refractivity contribution in [3.05, 3.63) is 89.7 Å². The van der Waals surface area contributed by atoms with E-state index in [-0.39, 0.29) is 5.91 Å². The predicted molar refractivity (Wildman–Crippen MR) is 113 cm³/mol. The number of anilines is 1. The number of nitrogens with one attached hydrogen (secondary N) is 1. The van der Waals surface area contributed by atoms with Crippen LogP contribution in [0.5, 0.6) is 0 Å². The lowest BCUT2D eigenvalue weighted by Crippen LogP contribution is -2.48. The maximum Gasteiger partial charge on any atom is 0.272 e. The molecule has 1 saturated heterocycles. The van der Waals surface area contributed by atoms with E-state index >= 15 is 0 Å². The fraction of sp³-hybridized carbons (Fsp3) is 0.261. The molecule has 6 nitrogen and oxygen atoms in total. The molecule has 1 N–H and O–H groups in total. The largest absolute Gasteiger partial charge is 0.350 e. The summed E-state index contributed by atoms with van der Waals surface area (Å²) in [4.78, 5) is 25.8. The molecule has 29 heavy (non-hydrogen) atoms. The molecule has 0 bridgehead atoms. The Morgan fingerprint density at radius 1 is 0.862 bits per heavy atom. The zero-order chi connectivity index (χ0) is 19.9. The number of amides is 1. The molecule has 4 rings (SSSR count). The maximum absolute atomic E-state index is 12.9. The van der Waals surface area contributed by atoms with Gasteiger partial charge in [0.05, 0.1) is 0 Å². The van der Waals surface area contributed by atoms with Crippen LogP contribution in [0, 0.1) is 0 Å². The van der Waals surface area contributed by atoms with E-state index in [9.17, 15) is 4.79 Å². The van der Waals surface area contributed by atoms with E-state index in [1.54, 1.807) is 12.3 Å². The van der Waals surface area contributed by atoms with E-state index in [0.29, 0.717) is 31.3 Å². The van der Waals surface area contributed by atoms with Gasteiger partial charge in [-0.05, 0) is 17.2 Å². The molecule has 1 aromatic heterocycles. The Bertz CT molecular complexity index is 924. The molecule has 0 radical (unpaired) electrons. The number of hydrogen-bond acceptors (Lipinski definition) is 5. The van der Waals surface area contributed by atoms with Crippen LogP contribution in [-0.2, 0) is 13.1 Å². The minimum Gasteiger partial charge on any atom is -0.350 e. The van der Waals surface area contributed by atoms with E-state index in [1.165, 1.54) is 5.56 Å². The number of piperazine rings is 1. The van der Waals surface area contributed by atoms with Crippen LogP contribution in [0.3, 0.4) is 0 Å². The average molecular weight is 387 g/mol. The second-order valence-corrected chi connectivity index (χ2v) is 7.16. The Kier molecular flexibility index (Phi) is 6.12. The SMILES string of the molecule is O=C(c1ccnc(NCc2ccccc2)n1)N1CCN(Cc2ccccc2)CC1. The van der Waals surface area contributed by atoms with E-state index in [4.69, 9.17) is 0 Å². The highest BCUT2D eigenvalue weighted by Crippen LogP contribution is 2.12. The van der Waals surface area contributed by atoms with Gasteiger partial charge >= 0.3 is 0 Å². The van der Waals surface area contributed by atoms with Gasteiger partial charge in [-0.15, -0.1) is 0 Å². The van der Waals surface area contributed by atoms with Crippen molar-refractivity contribution in [1.29, 1.82) is 0 Å². The molecule has 0 spiro atoms. The Balaban J connectivity index is 1.31. The van der Waals surface area contributed by atoms with Gasteiger partial charge in [0.1, 0.15) is 5.69 Å². The van der Waals surface area contributed by atoms with Crippen molar-refractivity contribution in [2.45, 2.75) is 13.1 Å². The number of carbonyl (C=O) groups excluding carboxylic acids is 1. The third-order valence-corrected chi connectivity index (χ3v) is 5.08.